The van der Waals surface area contributed by atoms with Gasteiger partial charge in [0, 0.05) is 25.2 Å². The Bertz CT molecular complexity index is 367. The van der Waals surface area contributed by atoms with Crippen molar-refractivity contribution in [3.05, 3.63) is 35.6 Å². The lowest BCUT2D eigenvalue weighted by Crippen LogP contribution is -2.36. The molecule has 1 fully saturated rings. The van der Waals surface area contributed by atoms with E-state index in [1.54, 1.807) is 12.1 Å². The van der Waals surface area contributed by atoms with Crippen molar-refractivity contribution in [3.8, 4) is 0 Å². The fourth-order valence-electron chi connectivity index (χ4n) is 2.56. The second-order valence-electron chi connectivity index (χ2n) is 4.95. The molecular formula is C14H21FN2. The summed E-state index contributed by atoms with van der Waals surface area (Å²) in [7, 11) is 2.02. The van der Waals surface area contributed by atoms with E-state index in [1.807, 2.05) is 13.1 Å². The van der Waals surface area contributed by atoms with Gasteiger partial charge < -0.3 is 5.32 Å². The lowest BCUT2D eigenvalue weighted by atomic mass is 10.1. The molecule has 1 N–H and O–H groups in total. The number of benzene rings is 1. The predicted octanol–water partition coefficient (Wildman–Crippen LogP) is 2.05. The van der Waals surface area contributed by atoms with Crippen LogP contribution in [-0.4, -0.2) is 37.1 Å². The Kier molecular flexibility index (Phi) is 4.13. The van der Waals surface area contributed by atoms with E-state index in [4.69, 9.17) is 0 Å². The normalized spacial score (nSPS) is 22.9. The first kappa shape index (κ1) is 12.5. The molecule has 1 saturated heterocycles. The van der Waals surface area contributed by atoms with Crippen LogP contribution in [0.5, 0.6) is 0 Å². The summed E-state index contributed by atoms with van der Waals surface area (Å²) in [5.41, 5.74) is 1.09. The maximum absolute atomic E-state index is 13.1. The van der Waals surface area contributed by atoms with Gasteiger partial charge in [-0.3, -0.25) is 4.90 Å². The molecule has 1 aliphatic rings. The minimum atomic E-state index is -0.135. The molecule has 0 bridgehead atoms. The second-order valence-corrected chi connectivity index (χ2v) is 4.95. The summed E-state index contributed by atoms with van der Waals surface area (Å²) in [6.45, 7) is 4.47. The van der Waals surface area contributed by atoms with Gasteiger partial charge in [0.1, 0.15) is 5.82 Å². The first-order valence-corrected chi connectivity index (χ1v) is 6.35. The van der Waals surface area contributed by atoms with Crippen molar-refractivity contribution in [1.82, 2.24) is 10.2 Å². The van der Waals surface area contributed by atoms with Crippen LogP contribution < -0.4 is 5.32 Å². The summed E-state index contributed by atoms with van der Waals surface area (Å²) in [4.78, 5) is 2.48. The maximum Gasteiger partial charge on any atom is 0.123 e. The summed E-state index contributed by atoms with van der Waals surface area (Å²) in [6, 6.07) is 8.03. The summed E-state index contributed by atoms with van der Waals surface area (Å²) >= 11 is 0. The van der Waals surface area contributed by atoms with Crippen LogP contribution in [0.3, 0.4) is 0 Å². The molecule has 1 aliphatic heterocycles. The van der Waals surface area contributed by atoms with Crippen molar-refractivity contribution in [2.45, 2.75) is 31.8 Å². The number of halogens is 1. The van der Waals surface area contributed by atoms with Crippen LogP contribution >= 0.6 is 0 Å². The van der Waals surface area contributed by atoms with Crippen LogP contribution in [0.4, 0.5) is 4.39 Å². The third-order valence-corrected chi connectivity index (χ3v) is 3.67. The van der Waals surface area contributed by atoms with Gasteiger partial charge in [-0.1, -0.05) is 12.1 Å². The Morgan fingerprint density at radius 3 is 3.00 bits per heavy atom. The molecule has 3 heteroatoms. The highest BCUT2D eigenvalue weighted by Crippen LogP contribution is 2.16. The average molecular weight is 236 g/mol. The highest BCUT2D eigenvalue weighted by Gasteiger charge is 2.24. The Labute approximate surface area is 103 Å². The minimum absolute atomic E-state index is 0.135. The van der Waals surface area contributed by atoms with Gasteiger partial charge in [0.2, 0.25) is 0 Å². The van der Waals surface area contributed by atoms with Crippen molar-refractivity contribution in [1.29, 1.82) is 0 Å². The number of likely N-dealkylation sites (tertiary alicyclic amines) is 1. The van der Waals surface area contributed by atoms with E-state index in [2.05, 4.69) is 17.1 Å². The van der Waals surface area contributed by atoms with Crippen LogP contribution in [-0.2, 0) is 6.42 Å². The van der Waals surface area contributed by atoms with E-state index < -0.39 is 0 Å². The van der Waals surface area contributed by atoms with Gasteiger partial charge in [-0.2, -0.15) is 0 Å². The molecule has 2 atom stereocenters. The first-order chi connectivity index (χ1) is 8.19. The molecule has 94 valence electrons. The van der Waals surface area contributed by atoms with E-state index >= 15 is 0 Å². The van der Waals surface area contributed by atoms with Crippen molar-refractivity contribution < 1.29 is 4.39 Å². The van der Waals surface area contributed by atoms with E-state index in [-0.39, 0.29) is 5.82 Å². The third-order valence-electron chi connectivity index (χ3n) is 3.67. The summed E-state index contributed by atoms with van der Waals surface area (Å²) in [5, 5.41) is 3.32. The molecule has 1 heterocycles. The van der Waals surface area contributed by atoms with Crippen molar-refractivity contribution in [2.75, 3.05) is 20.1 Å². The smallest absolute Gasteiger partial charge is 0.123 e. The van der Waals surface area contributed by atoms with E-state index in [9.17, 15) is 4.39 Å². The zero-order chi connectivity index (χ0) is 12.3. The maximum atomic E-state index is 13.1. The monoisotopic (exact) mass is 236 g/mol. The highest BCUT2D eigenvalue weighted by molar-refractivity contribution is 5.17. The second kappa shape index (κ2) is 5.61. The van der Waals surface area contributed by atoms with Gasteiger partial charge >= 0.3 is 0 Å². The molecule has 0 spiro atoms. The third kappa shape index (κ3) is 3.27. The Hall–Kier alpha value is -0.930. The van der Waals surface area contributed by atoms with E-state index in [0.29, 0.717) is 12.1 Å². The van der Waals surface area contributed by atoms with Gasteiger partial charge in [-0.15, -0.1) is 0 Å². The quantitative estimate of drug-likeness (QED) is 0.860. The standard InChI is InChI=1S/C14H21FN2/c1-11(17-7-6-14(10-17)16-2)8-12-4-3-5-13(15)9-12/h3-5,9,11,14,16H,6-8,10H2,1-2H3. The van der Waals surface area contributed by atoms with Gasteiger partial charge in [0.25, 0.3) is 0 Å². The minimum Gasteiger partial charge on any atom is -0.316 e. The van der Waals surface area contributed by atoms with Crippen LogP contribution in [0.25, 0.3) is 0 Å². The summed E-state index contributed by atoms with van der Waals surface area (Å²) < 4.78 is 13.1. The first-order valence-electron chi connectivity index (χ1n) is 6.35. The van der Waals surface area contributed by atoms with Crippen molar-refractivity contribution >= 4 is 0 Å². The molecule has 2 unspecified atom stereocenters. The molecule has 2 nitrogen and oxygen atoms in total. The summed E-state index contributed by atoms with van der Waals surface area (Å²) in [6.07, 6.45) is 2.14. The Balaban J connectivity index is 1.91. The van der Waals surface area contributed by atoms with E-state index in [0.717, 1.165) is 25.1 Å². The molecule has 1 aromatic rings. The fourth-order valence-corrected chi connectivity index (χ4v) is 2.56. The number of hydrogen-bond acceptors (Lipinski definition) is 2. The number of nitrogens with zero attached hydrogens (tertiary/aromatic N) is 1. The molecule has 0 amide bonds. The lowest BCUT2D eigenvalue weighted by molar-refractivity contribution is 0.252. The SMILES string of the molecule is CNC1CCN(C(C)Cc2cccc(F)c2)C1. The van der Waals surface area contributed by atoms with Gasteiger partial charge in [0.05, 0.1) is 0 Å². The fraction of sp³-hybridized carbons (Fsp3) is 0.571. The molecule has 0 radical (unpaired) electrons. The number of likely N-dealkylation sites (N-methyl/N-ethyl adjacent to an activating group) is 1. The topological polar surface area (TPSA) is 15.3 Å². The van der Waals surface area contributed by atoms with Crippen LogP contribution in [0, 0.1) is 5.82 Å². The zero-order valence-corrected chi connectivity index (χ0v) is 10.6. The van der Waals surface area contributed by atoms with Crippen molar-refractivity contribution in [2.24, 2.45) is 0 Å². The predicted molar refractivity (Wildman–Crippen MR) is 68.6 cm³/mol. The molecule has 1 aromatic carbocycles. The number of hydrogen-bond donors (Lipinski definition) is 1. The lowest BCUT2D eigenvalue weighted by Gasteiger charge is -2.24. The molecule has 0 saturated carbocycles. The Morgan fingerprint density at radius 2 is 2.35 bits per heavy atom. The van der Waals surface area contributed by atoms with E-state index in [1.165, 1.54) is 12.5 Å². The molecule has 0 aromatic heterocycles. The molecule has 2 rings (SSSR count). The summed E-state index contributed by atoms with van der Waals surface area (Å²) in [5.74, 6) is -0.135. The Morgan fingerprint density at radius 1 is 1.53 bits per heavy atom. The molecular weight excluding hydrogens is 215 g/mol. The van der Waals surface area contributed by atoms with Crippen LogP contribution in [0.1, 0.15) is 18.9 Å². The highest BCUT2D eigenvalue weighted by atomic mass is 19.1. The van der Waals surface area contributed by atoms with Crippen LogP contribution in [0.15, 0.2) is 24.3 Å². The van der Waals surface area contributed by atoms with Crippen molar-refractivity contribution in [3.63, 3.8) is 0 Å². The zero-order valence-electron chi connectivity index (χ0n) is 10.6. The van der Waals surface area contributed by atoms with Gasteiger partial charge in [0.15, 0.2) is 0 Å². The largest absolute Gasteiger partial charge is 0.316 e. The number of nitrogens with one attached hydrogen (secondary N) is 1. The van der Waals surface area contributed by atoms with Crippen LogP contribution in [0.2, 0.25) is 0 Å². The van der Waals surface area contributed by atoms with Gasteiger partial charge in [-0.05, 0) is 44.5 Å². The molecule has 17 heavy (non-hydrogen) atoms. The number of rotatable bonds is 4. The van der Waals surface area contributed by atoms with Gasteiger partial charge in [-0.25, -0.2) is 4.39 Å². The average Bonchev–Trinajstić information content (AvgIpc) is 2.77. The molecule has 0 aliphatic carbocycles.